The molecule has 4 rings (SSSR count). The Hall–Kier alpha value is -3.15. The number of rotatable bonds is 7. The minimum atomic E-state index is -0.169. The Labute approximate surface area is 214 Å². The summed E-state index contributed by atoms with van der Waals surface area (Å²) in [6, 6.07) is 14.9. The summed E-state index contributed by atoms with van der Waals surface area (Å²) in [5.74, 6) is 0.232. The van der Waals surface area contributed by atoms with Crippen LogP contribution in [-0.2, 0) is 10.2 Å². The third-order valence-electron chi connectivity index (χ3n) is 7.18. The molecule has 0 saturated carbocycles. The van der Waals surface area contributed by atoms with Crippen LogP contribution in [0.15, 0.2) is 66.6 Å². The lowest BCUT2D eigenvalue weighted by molar-refractivity contribution is -0.709. The van der Waals surface area contributed by atoms with Gasteiger partial charge in [0.25, 0.3) is 0 Å². The first-order chi connectivity index (χ1) is 17.1. The Morgan fingerprint density at radius 2 is 1.83 bits per heavy atom. The number of aliphatic hydroxyl groups is 2. The van der Waals surface area contributed by atoms with Crippen molar-refractivity contribution < 1.29 is 19.5 Å². The first-order valence-corrected chi connectivity index (χ1v) is 12.7. The van der Waals surface area contributed by atoms with Crippen LogP contribution >= 0.6 is 0 Å². The van der Waals surface area contributed by atoms with Crippen molar-refractivity contribution in [1.29, 1.82) is 0 Å². The van der Waals surface area contributed by atoms with Crippen LogP contribution in [0.2, 0.25) is 0 Å². The van der Waals surface area contributed by atoms with E-state index < -0.39 is 0 Å². The van der Waals surface area contributed by atoms with Crippen molar-refractivity contribution in [3.05, 3.63) is 83.3 Å². The average molecular weight is 488 g/mol. The van der Waals surface area contributed by atoms with Crippen LogP contribution in [-0.4, -0.2) is 37.1 Å². The van der Waals surface area contributed by atoms with Gasteiger partial charge in [-0.15, -0.1) is 0 Å². The summed E-state index contributed by atoms with van der Waals surface area (Å²) in [5, 5.41) is 26.4. The number of aromatic nitrogens is 1. The van der Waals surface area contributed by atoms with Crippen LogP contribution in [0, 0.1) is 0 Å². The molecule has 0 bridgehead atoms. The molecule has 5 nitrogen and oxygen atoms in total. The SMILES string of the molecule is C=C(CO)C1C(COC)c2c(cc(C(C)(C)C)c3ccccc23)-c2cc(/C(NCC)=C(/C)O)cc[n+]21. The number of aliphatic hydroxyl groups excluding tert-OH is 2. The minimum Gasteiger partial charge on any atom is -0.510 e. The van der Waals surface area contributed by atoms with E-state index in [1.54, 1.807) is 14.0 Å². The molecule has 0 radical (unpaired) electrons. The smallest absolute Gasteiger partial charge is 0.214 e. The van der Waals surface area contributed by atoms with E-state index in [1.165, 1.54) is 21.9 Å². The van der Waals surface area contributed by atoms with Gasteiger partial charge >= 0.3 is 0 Å². The van der Waals surface area contributed by atoms with E-state index in [0.717, 1.165) is 28.1 Å². The number of ether oxygens (including phenoxy) is 1. The molecule has 1 aliphatic rings. The Morgan fingerprint density at radius 1 is 1.14 bits per heavy atom. The molecule has 2 unspecified atom stereocenters. The second-order valence-corrected chi connectivity index (χ2v) is 10.7. The number of nitrogens with one attached hydrogen (secondary N) is 1. The van der Waals surface area contributed by atoms with Gasteiger partial charge in [-0.1, -0.05) is 51.6 Å². The first kappa shape index (κ1) is 25.9. The van der Waals surface area contributed by atoms with Crippen LogP contribution in [0.1, 0.15) is 63.3 Å². The fourth-order valence-electron chi connectivity index (χ4n) is 5.65. The Kier molecular flexibility index (Phi) is 7.26. The maximum absolute atomic E-state index is 10.4. The summed E-state index contributed by atoms with van der Waals surface area (Å²) in [4.78, 5) is 0. The highest BCUT2D eigenvalue weighted by Gasteiger charge is 2.43. The van der Waals surface area contributed by atoms with Gasteiger partial charge in [-0.05, 0) is 47.2 Å². The molecule has 36 heavy (non-hydrogen) atoms. The number of benzene rings is 2. The predicted molar refractivity (Wildman–Crippen MR) is 147 cm³/mol. The molecule has 0 spiro atoms. The first-order valence-electron chi connectivity index (χ1n) is 12.7. The van der Waals surface area contributed by atoms with E-state index in [1.807, 2.05) is 19.2 Å². The number of pyridine rings is 1. The summed E-state index contributed by atoms with van der Waals surface area (Å²) in [6.07, 6.45) is 2.05. The van der Waals surface area contributed by atoms with Gasteiger partial charge in [-0.3, -0.25) is 0 Å². The number of fused-ring (bicyclic) bond motifs is 5. The monoisotopic (exact) mass is 487 g/mol. The molecule has 3 aromatic rings. The van der Waals surface area contributed by atoms with Crippen LogP contribution in [0.3, 0.4) is 0 Å². The molecule has 2 heterocycles. The molecule has 0 aliphatic carbocycles. The number of hydrogen-bond donors (Lipinski definition) is 3. The Bertz CT molecular complexity index is 1330. The third kappa shape index (κ3) is 4.42. The molecule has 1 aromatic heterocycles. The predicted octanol–water partition coefficient (Wildman–Crippen LogP) is 5.78. The van der Waals surface area contributed by atoms with Crippen molar-refractivity contribution in [2.75, 3.05) is 26.9 Å². The van der Waals surface area contributed by atoms with Crippen molar-refractivity contribution in [2.45, 2.75) is 52.0 Å². The van der Waals surface area contributed by atoms with Crippen LogP contribution in [0.5, 0.6) is 0 Å². The van der Waals surface area contributed by atoms with Crippen molar-refractivity contribution in [2.24, 2.45) is 0 Å². The maximum atomic E-state index is 10.4. The van der Waals surface area contributed by atoms with Crippen molar-refractivity contribution in [1.82, 2.24) is 5.32 Å². The van der Waals surface area contributed by atoms with Gasteiger partial charge < -0.3 is 20.3 Å². The van der Waals surface area contributed by atoms with Crippen molar-refractivity contribution in [3.63, 3.8) is 0 Å². The topological polar surface area (TPSA) is 65.6 Å². The van der Waals surface area contributed by atoms with E-state index in [2.05, 4.69) is 73.6 Å². The summed E-state index contributed by atoms with van der Waals surface area (Å²) in [6.45, 7) is 15.8. The highest BCUT2D eigenvalue weighted by Crippen LogP contribution is 2.47. The van der Waals surface area contributed by atoms with Gasteiger partial charge in [0.15, 0.2) is 12.2 Å². The lowest BCUT2D eigenvalue weighted by Crippen LogP contribution is -2.50. The average Bonchev–Trinajstić information content (AvgIpc) is 2.85. The van der Waals surface area contributed by atoms with E-state index in [9.17, 15) is 10.2 Å². The Balaban J connectivity index is 2.15. The quantitative estimate of drug-likeness (QED) is 0.225. The molecule has 5 heteroatoms. The van der Waals surface area contributed by atoms with Crippen LogP contribution < -0.4 is 9.88 Å². The molecule has 0 fully saturated rings. The number of nitrogens with zero attached hydrogens (tertiary/aromatic N) is 1. The second-order valence-electron chi connectivity index (χ2n) is 10.7. The number of allylic oxidation sites excluding steroid dienone is 1. The lowest BCUT2D eigenvalue weighted by atomic mass is 9.74. The molecule has 0 amide bonds. The zero-order valence-corrected chi connectivity index (χ0v) is 22.4. The standard InChI is InChI=1S/C31H38N2O3/c1-8-32-29(20(3)35)21-13-14-33-27(15-21)24-16-26(31(4,5)6)22-11-9-10-12-23(22)28(24)25(18-36-7)30(33)19(2)17-34/h9-16,25,30,32,34H,2,8,17-18H2,1,3-7H3/p+1. The maximum Gasteiger partial charge on any atom is 0.214 e. The Morgan fingerprint density at radius 3 is 2.42 bits per heavy atom. The van der Waals surface area contributed by atoms with Gasteiger partial charge in [0.2, 0.25) is 5.69 Å². The highest BCUT2D eigenvalue weighted by atomic mass is 16.5. The molecular formula is C31H39N2O3+. The molecule has 190 valence electrons. The van der Waals surface area contributed by atoms with Crippen molar-refractivity contribution in [3.8, 4) is 11.3 Å². The van der Waals surface area contributed by atoms with Crippen molar-refractivity contribution >= 4 is 16.5 Å². The van der Waals surface area contributed by atoms with Gasteiger partial charge in [0.1, 0.15) is 5.76 Å². The molecular weight excluding hydrogens is 448 g/mol. The highest BCUT2D eigenvalue weighted by molar-refractivity contribution is 5.95. The second kappa shape index (κ2) is 10.1. The fourth-order valence-corrected chi connectivity index (χ4v) is 5.65. The van der Waals surface area contributed by atoms with Gasteiger partial charge in [-0.25, -0.2) is 0 Å². The molecule has 2 aromatic carbocycles. The summed E-state index contributed by atoms with van der Waals surface area (Å²) in [7, 11) is 1.73. The molecule has 2 atom stereocenters. The van der Waals surface area contributed by atoms with E-state index >= 15 is 0 Å². The van der Waals surface area contributed by atoms with Crippen LogP contribution in [0.4, 0.5) is 0 Å². The zero-order valence-electron chi connectivity index (χ0n) is 22.4. The molecule has 1 aliphatic heterocycles. The van der Waals surface area contributed by atoms with E-state index in [0.29, 0.717) is 13.2 Å². The van der Waals surface area contributed by atoms with Gasteiger partial charge in [-0.2, -0.15) is 4.57 Å². The normalized spacial score (nSPS) is 17.9. The summed E-state index contributed by atoms with van der Waals surface area (Å²) < 4.78 is 7.98. The van der Waals surface area contributed by atoms with E-state index in [4.69, 9.17) is 4.74 Å². The minimum absolute atomic E-state index is 0.0183. The summed E-state index contributed by atoms with van der Waals surface area (Å²) >= 11 is 0. The largest absolute Gasteiger partial charge is 0.510 e. The van der Waals surface area contributed by atoms with E-state index in [-0.39, 0.29) is 29.7 Å². The molecule has 0 saturated heterocycles. The summed E-state index contributed by atoms with van der Waals surface area (Å²) in [5.41, 5.74) is 6.99. The van der Waals surface area contributed by atoms with Crippen LogP contribution in [0.25, 0.3) is 27.7 Å². The third-order valence-corrected chi connectivity index (χ3v) is 7.18. The number of hydrogen-bond acceptors (Lipinski definition) is 4. The van der Waals surface area contributed by atoms with Gasteiger partial charge in [0, 0.05) is 36.9 Å². The number of methoxy groups -OCH3 is 1. The lowest BCUT2D eigenvalue weighted by Gasteiger charge is -2.34. The fraction of sp³-hybridized carbons (Fsp3) is 0.387. The zero-order chi connectivity index (χ0) is 26.2. The van der Waals surface area contributed by atoms with Gasteiger partial charge in [0.05, 0.1) is 30.4 Å². The molecule has 3 N–H and O–H groups in total.